The molecule has 0 radical (unpaired) electrons. The first-order valence-electron chi connectivity index (χ1n) is 6.31. The van der Waals surface area contributed by atoms with E-state index in [1.807, 2.05) is 0 Å². The summed E-state index contributed by atoms with van der Waals surface area (Å²) >= 11 is 0. The second-order valence-corrected chi connectivity index (χ2v) is 6.41. The maximum absolute atomic E-state index is 6.32. The van der Waals surface area contributed by atoms with Crippen molar-refractivity contribution in [3.05, 3.63) is 0 Å². The standard InChI is InChI=1S/C12H17NO3/c1-11-7-5-4-6-8(7)12(2,16-11)15-10(6)14-9(5)13(11)3/h5-10H,4H2,1-3H3/t5-,6+,7-,8+,9-,10-,11+,12-/m1/s1. The normalized spacial score (nSPS) is 74.4. The van der Waals surface area contributed by atoms with E-state index in [0.29, 0.717) is 23.7 Å². The lowest BCUT2D eigenvalue weighted by molar-refractivity contribution is -0.356. The van der Waals surface area contributed by atoms with Crippen molar-refractivity contribution in [1.29, 1.82) is 0 Å². The number of rotatable bonds is 0. The van der Waals surface area contributed by atoms with Crippen molar-refractivity contribution in [2.75, 3.05) is 7.05 Å². The molecule has 0 unspecified atom stereocenters. The number of hydrogen-bond acceptors (Lipinski definition) is 4. The fraction of sp³-hybridized carbons (Fsp3) is 1.00. The van der Waals surface area contributed by atoms with Crippen LogP contribution in [-0.4, -0.2) is 36.0 Å². The third-order valence-electron chi connectivity index (χ3n) is 5.91. The van der Waals surface area contributed by atoms with E-state index in [9.17, 15) is 0 Å². The number of nitrogens with zero attached hydrogens (tertiary/aromatic N) is 1. The van der Waals surface area contributed by atoms with Crippen LogP contribution in [0.2, 0.25) is 0 Å². The van der Waals surface area contributed by atoms with E-state index in [4.69, 9.17) is 14.2 Å². The first-order chi connectivity index (χ1) is 7.55. The van der Waals surface area contributed by atoms with Gasteiger partial charge in [-0.1, -0.05) is 0 Å². The zero-order valence-electron chi connectivity index (χ0n) is 9.84. The van der Waals surface area contributed by atoms with Crippen LogP contribution < -0.4 is 0 Å². The highest BCUT2D eigenvalue weighted by atomic mass is 16.8. The fourth-order valence-electron chi connectivity index (χ4n) is 5.43. The monoisotopic (exact) mass is 223 g/mol. The summed E-state index contributed by atoms with van der Waals surface area (Å²) in [6.45, 7) is 4.32. The van der Waals surface area contributed by atoms with E-state index in [2.05, 4.69) is 25.8 Å². The SMILES string of the molecule is CN1[C@@H]2O[C@@H]3O[C@]4(C)O[C@@]1(C)[C@@H]1[C@H]2C[C@H]3[C@@H]14. The van der Waals surface area contributed by atoms with Gasteiger partial charge >= 0.3 is 0 Å². The minimum absolute atomic E-state index is 0.0199. The second kappa shape index (κ2) is 2.09. The molecule has 0 aromatic carbocycles. The molecule has 0 aromatic heterocycles. The lowest BCUT2D eigenvalue weighted by Gasteiger charge is -2.42. The van der Waals surface area contributed by atoms with Gasteiger partial charge < -0.3 is 14.2 Å². The third-order valence-corrected chi connectivity index (χ3v) is 5.91. The van der Waals surface area contributed by atoms with Gasteiger partial charge in [-0.15, -0.1) is 0 Å². The molecule has 5 aliphatic rings. The minimum Gasteiger partial charge on any atom is -0.334 e. The summed E-state index contributed by atoms with van der Waals surface area (Å²) in [5, 5.41) is 0. The number of hydrogen-bond donors (Lipinski definition) is 0. The largest absolute Gasteiger partial charge is 0.334 e. The molecular weight excluding hydrogens is 206 g/mol. The third kappa shape index (κ3) is 0.616. The van der Waals surface area contributed by atoms with Crippen LogP contribution in [0.15, 0.2) is 0 Å². The van der Waals surface area contributed by atoms with Crippen molar-refractivity contribution in [3.63, 3.8) is 0 Å². The topological polar surface area (TPSA) is 30.9 Å². The Balaban J connectivity index is 1.80. The fourth-order valence-corrected chi connectivity index (χ4v) is 5.43. The quantitative estimate of drug-likeness (QED) is 0.612. The lowest BCUT2D eigenvalue weighted by atomic mass is 9.83. The highest BCUT2D eigenvalue weighted by Crippen LogP contribution is 2.72. The molecule has 4 nitrogen and oxygen atoms in total. The summed E-state index contributed by atoms with van der Waals surface area (Å²) in [6.07, 6.45) is 1.46. The van der Waals surface area contributed by atoms with E-state index in [1.54, 1.807) is 0 Å². The van der Waals surface area contributed by atoms with Gasteiger partial charge in [0.2, 0.25) is 0 Å². The second-order valence-electron chi connectivity index (χ2n) is 6.41. The Morgan fingerprint density at radius 2 is 2.00 bits per heavy atom. The average molecular weight is 223 g/mol. The maximum Gasteiger partial charge on any atom is 0.174 e. The zero-order chi connectivity index (χ0) is 10.9. The predicted molar refractivity (Wildman–Crippen MR) is 54.0 cm³/mol. The van der Waals surface area contributed by atoms with E-state index in [0.717, 1.165) is 0 Å². The average Bonchev–Trinajstić information content (AvgIpc) is 2.80. The molecule has 0 N–H and O–H groups in total. The summed E-state index contributed by atoms with van der Waals surface area (Å²) in [6, 6.07) is 0. The molecule has 0 aromatic rings. The molecular formula is C12H17NO3. The predicted octanol–water partition coefficient (Wildman–Crippen LogP) is 0.975. The van der Waals surface area contributed by atoms with E-state index in [1.165, 1.54) is 6.42 Å². The van der Waals surface area contributed by atoms with Gasteiger partial charge in [0.15, 0.2) is 12.1 Å². The highest BCUT2D eigenvalue weighted by Gasteiger charge is 2.80. The molecule has 0 amide bonds. The summed E-state index contributed by atoms with van der Waals surface area (Å²) in [5.41, 5.74) is -0.172. The summed E-state index contributed by atoms with van der Waals surface area (Å²) in [4.78, 5) is 2.30. The van der Waals surface area contributed by atoms with Crippen LogP contribution in [-0.2, 0) is 14.2 Å². The number of ether oxygens (including phenoxy) is 3. The minimum atomic E-state index is -0.400. The van der Waals surface area contributed by atoms with Crippen molar-refractivity contribution in [3.8, 4) is 0 Å². The first kappa shape index (κ1) is 8.86. The van der Waals surface area contributed by atoms with Crippen LogP contribution in [0, 0.1) is 23.7 Å². The maximum atomic E-state index is 6.32. The van der Waals surface area contributed by atoms with Gasteiger partial charge in [-0.3, -0.25) is 4.90 Å². The van der Waals surface area contributed by atoms with Gasteiger partial charge in [0.1, 0.15) is 12.0 Å². The van der Waals surface area contributed by atoms with Crippen LogP contribution in [0.5, 0.6) is 0 Å². The van der Waals surface area contributed by atoms with Gasteiger partial charge in [0.25, 0.3) is 0 Å². The highest BCUT2D eigenvalue weighted by molar-refractivity contribution is 5.19. The molecule has 1 aliphatic carbocycles. The van der Waals surface area contributed by atoms with Gasteiger partial charge in [0, 0.05) is 23.7 Å². The van der Waals surface area contributed by atoms with E-state index >= 15 is 0 Å². The molecule has 1 saturated carbocycles. The summed E-state index contributed by atoms with van der Waals surface area (Å²) < 4.78 is 18.5. The molecule has 4 heterocycles. The molecule has 16 heavy (non-hydrogen) atoms. The smallest absolute Gasteiger partial charge is 0.174 e. The summed E-state index contributed by atoms with van der Waals surface area (Å²) in [5.74, 6) is 1.98. The molecule has 5 rings (SSSR count). The van der Waals surface area contributed by atoms with E-state index < -0.39 is 5.79 Å². The van der Waals surface area contributed by atoms with Crippen molar-refractivity contribution < 1.29 is 14.2 Å². The van der Waals surface area contributed by atoms with Crippen LogP contribution >= 0.6 is 0 Å². The van der Waals surface area contributed by atoms with Crippen molar-refractivity contribution >= 4 is 0 Å². The van der Waals surface area contributed by atoms with Crippen molar-refractivity contribution in [1.82, 2.24) is 4.90 Å². The van der Waals surface area contributed by atoms with Crippen molar-refractivity contribution in [2.24, 2.45) is 23.7 Å². The molecule has 88 valence electrons. The molecule has 4 heteroatoms. The lowest BCUT2D eigenvalue weighted by Crippen LogP contribution is -2.52. The molecule has 5 fully saturated rings. The van der Waals surface area contributed by atoms with Crippen LogP contribution in [0.4, 0.5) is 0 Å². The molecule has 0 spiro atoms. The van der Waals surface area contributed by atoms with Gasteiger partial charge in [-0.2, -0.15) is 0 Å². The molecule has 4 aliphatic heterocycles. The van der Waals surface area contributed by atoms with Gasteiger partial charge in [-0.25, -0.2) is 0 Å². The zero-order valence-corrected chi connectivity index (χ0v) is 9.84. The first-order valence-corrected chi connectivity index (χ1v) is 6.31. The Hall–Kier alpha value is -0.160. The van der Waals surface area contributed by atoms with Gasteiger partial charge in [-0.05, 0) is 27.3 Å². The van der Waals surface area contributed by atoms with Crippen LogP contribution in [0.1, 0.15) is 20.3 Å². The van der Waals surface area contributed by atoms with Crippen LogP contribution in [0.3, 0.4) is 0 Å². The Morgan fingerprint density at radius 1 is 1.19 bits per heavy atom. The van der Waals surface area contributed by atoms with Crippen LogP contribution in [0.25, 0.3) is 0 Å². The van der Waals surface area contributed by atoms with Gasteiger partial charge in [0.05, 0.1) is 0 Å². The Morgan fingerprint density at radius 3 is 2.81 bits per heavy atom. The number of likely N-dealkylation sites (tertiary alicyclic amines) is 1. The molecule has 8 atom stereocenters. The summed E-state index contributed by atoms with van der Waals surface area (Å²) in [7, 11) is 2.13. The van der Waals surface area contributed by atoms with E-state index in [-0.39, 0.29) is 18.2 Å². The van der Waals surface area contributed by atoms with Crippen molar-refractivity contribution in [2.45, 2.75) is 44.3 Å². The Kier molecular flexibility index (Phi) is 1.16. The molecule has 4 saturated heterocycles. The molecule has 2 bridgehead atoms. The Bertz CT molecular complexity index is 402. The Labute approximate surface area is 94.8 Å².